The van der Waals surface area contributed by atoms with Gasteiger partial charge in [-0.05, 0) is 68.5 Å². The number of hydrogen-bond acceptors (Lipinski definition) is 4. The van der Waals surface area contributed by atoms with Crippen LogP contribution in [0.25, 0.3) is 0 Å². The topological polar surface area (TPSA) is 53.9 Å². The molecule has 160 valence electrons. The molecule has 1 heterocycles. The summed E-state index contributed by atoms with van der Waals surface area (Å²) in [5.74, 6) is 0.446. The highest BCUT2D eigenvalue weighted by atomic mass is 19.1. The number of anilines is 1. The Balaban J connectivity index is 1.71. The van der Waals surface area contributed by atoms with Gasteiger partial charge >= 0.3 is 0 Å². The molecule has 6 heteroatoms. The lowest BCUT2D eigenvalue weighted by Gasteiger charge is -2.47. The highest BCUT2D eigenvalue weighted by Crippen LogP contribution is 2.43. The van der Waals surface area contributed by atoms with E-state index in [-0.39, 0.29) is 23.7 Å². The first-order valence-electron chi connectivity index (χ1n) is 10.3. The van der Waals surface area contributed by atoms with Gasteiger partial charge in [-0.1, -0.05) is 19.1 Å². The Hall–Kier alpha value is -2.89. The van der Waals surface area contributed by atoms with Gasteiger partial charge in [0.05, 0.1) is 19.7 Å². The van der Waals surface area contributed by atoms with Crippen LogP contribution in [0, 0.1) is 5.82 Å². The van der Waals surface area contributed by atoms with Gasteiger partial charge in [0, 0.05) is 23.3 Å². The molecule has 0 saturated carbocycles. The molecule has 0 aliphatic carbocycles. The molecule has 0 saturated heterocycles. The van der Waals surface area contributed by atoms with E-state index in [1.54, 1.807) is 25.3 Å². The number of carbonyl (C=O) groups excluding carboxylic acids is 1. The number of benzene rings is 2. The lowest BCUT2D eigenvalue weighted by atomic mass is 9.79. The monoisotopic (exact) mass is 411 g/mol. The first-order chi connectivity index (χ1) is 14.2. The van der Waals surface area contributed by atoms with Crippen LogP contribution in [0.4, 0.5) is 10.1 Å². The third kappa shape index (κ3) is 4.64. The van der Waals surface area contributed by atoms with Crippen LogP contribution < -0.4 is 15.1 Å². The molecule has 1 unspecified atom stereocenters. The third-order valence-electron chi connectivity index (χ3n) is 5.74. The van der Waals surface area contributed by atoms with Gasteiger partial charge in [0.15, 0.2) is 0 Å². The van der Waals surface area contributed by atoms with Gasteiger partial charge in [-0.15, -0.1) is 0 Å². The molecular weight excluding hydrogens is 381 g/mol. The van der Waals surface area contributed by atoms with Crippen LogP contribution in [-0.4, -0.2) is 31.3 Å². The second kappa shape index (κ2) is 8.86. The number of methoxy groups -OCH3 is 1. The zero-order valence-electron chi connectivity index (χ0n) is 18.3. The predicted molar refractivity (Wildman–Crippen MR) is 119 cm³/mol. The lowest BCUT2D eigenvalue weighted by Crippen LogP contribution is -2.48. The molecule has 5 nitrogen and oxygen atoms in total. The molecule has 1 aliphatic rings. The van der Waals surface area contributed by atoms with Gasteiger partial charge in [-0.2, -0.15) is 5.10 Å². The molecule has 0 aromatic heterocycles. The van der Waals surface area contributed by atoms with Gasteiger partial charge in [-0.3, -0.25) is 4.79 Å². The quantitative estimate of drug-likeness (QED) is 0.557. The molecule has 2 aromatic rings. The van der Waals surface area contributed by atoms with Crippen molar-refractivity contribution in [3.8, 4) is 5.75 Å². The second-order valence-corrected chi connectivity index (χ2v) is 8.41. The number of ether oxygens (including phenoxy) is 1. The van der Waals surface area contributed by atoms with Crippen LogP contribution in [0.15, 0.2) is 41.5 Å². The minimum Gasteiger partial charge on any atom is -0.497 e. The Morgan fingerprint density at radius 1 is 1.33 bits per heavy atom. The van der Waals surface area contributed by atoms with E-state index >= 15 is 0 Å². The Bertz CT molecular complexity index is 938. The van der Waals surface area contributed by atoms with Crippen molar-refractivity contribution >= 4 is 17.8 Å². The number of nitrogens with one attached hydrogen (secondary N) is 1. The average Bonchev–Trinajstić information content (AvgIpc) is 2.69. The number of amides is 1. The maximum atomic E-state index is 14.8. The fraction of sp³-hybridized carbons (Fsp3) is 0.417. The normalized spacial score (nSPS) is 17.7. The van der Waals surface area contributed by atoms with E-state index in [0.717, 1.165) is 35.5 Å². The van der Waals surface area contributed by atoms with Crippen molar-refractivity contribution in [2.45, 2.75) is 52.0 Å². The van der Waals surface area contributed by atoms with Crippen LogP contribution in [0.1, 0.15) is 56.7 Å². The first kappa shape index (κ1) is 21.8. The van der Waals surface area contributed by atoms with E-state index in [2.05, 4.69) is 43.1 Å². The van der Waals surface area contributed by atoms with Crippen molar-refractivity contribution in [2.75, 3.05) is 18.6 Å². The maximum Gasteiger partial charge on any atom is 0.244 e. The van der Waals surface area contributed by atoms with Crippen molar-refractivity contribution < 1.29 is 13.9 Å². The molecule has 0 radical (unpaired) electrons. The molecule has 0 bridgehead atoms. The van der Waals surface area contributed by atoms with Crippen molar-refractivity contribution in [3.05, 3.63) is 58.9 Å². The highest BCUT2D eigenvalue weighted by Gasteiger charge is 2.36. The molecule has 3 rings (SSSR count). The van der Waals surface area contributed by atoms with Crippen LogP contribution in [-0.2, 0) is 11.2 Å². The largest absolute Gasteiger partial charge is 0.497 e. The number of hydrazone groups is 1. The van der Waals surface area contributed by atoms with Crippen LogP contribution in [0.2, 0.25) is 0 Å². The number of halogens is 1. The van der Waals surface area contributed by atoms with Gasteiger partial charge < -0.3 is 9.64 Å². The standard InChI is InChI=1S/C24H30FN3O2/c1-6-28-22-13-21(25)18(12-20(22)16(2)14-24(28,3)4)15-26-27-23(29)11-17-7-9-19(30-5)10-8-17/h7-10,12-13,15-16H,6,11,14H2,1-5H3,(H,27,29)/b26-15+. The number of hydrogen-bond donors (Lipinski definition) is 1. The molecule has 0 spiro atoms. The third-order valence-corrected chi connectivity index (χ3v) is 5.74. The van der Waals surface area contributed by atoms with Gasteiger partial charge in [0.2, 0.25) is 5.91 Å². The van der Waals surface area contributed by atoms with E-state index < -0.39 is 0 Å². The second-order valence-electron chi connectivity index (χ2n) is 8.41. The summed E-state index contributed by atoms with van der Waals surface area (Å²) in [4.78, 5) is 14.4. The maximum absolute atomic E-state index is 14.8. The summed E-state index contributed by atoms with van der Waals surface area (Å²) in [6, 6.07) is 10.7. The van der Waals surface area contributed by atoms with Crippen molar-refractivity contribution in [2.24, 2.45) is 5.10 Å². The zero-order valence-corrected chi connectivity index (χ0v) is 18.3. The highest BCUT2D eigenvalue weighted by molar-refractivity contribution is 5.84. The molecular formula is C24H30FN3O2. The van der Waals surface area contributed by atoms with Gasteiger partial charge in [-0.25, -0.2) is 9.82 Å². The molecule has 1 atom stereocenters. The fourth-order valence-corrected chi connectivity index (χ4v) is 4.36. The molecule has 1 aliphatic heterocycles. The molecule has 1 amide bonds. The van der Waals surface area contributed by atoms with Crippen LogP contribution >= 0.6 is 0 Å². The minimum absolute atomic E-state index is 0.0152. The number of rotatable bonds is 6. The number of carbonyl (C=O) groups is 1. The zero-order chi connectivity index (χ0) is 21.9. The summed E-state index contributed by atoms with van der Waals surface area (Å²) in [5, 5.41) is 3.97. The number of nitrogens with zero attached hydrogens (tertiary/aromatic N) is 2. The van der Waals surface area contributed by atoms with Gasteiger partial charge in [0.25, 0.3) is 0 Å². The summed E-state index contributed by atoms with van der Waals surface area (Å²) in [6.07, 6.45) is 2.56. The van der Waals surface area contributed by atoms with Crippen LogP contribution in [0.5, 0.6) is 5.75 Å². The van der Waals surface area contributed by atoms with Crippen molar-refractivity contribution in [3.63, 3.8) is 0 Å². The predicted octanol–water partition coefficient (Wildman–Crippen LogP) is 4.64. The van der Waals surface area contributed by atoms with E-state index in [0.29, 0.717) is 11.5 Å². The van der Waals surface area contributed by atoms with E-state index in [4.69, 9.17) is 4.74 Å². The molecule has 0 fully saturated rings. The molecule has 30 heavy (non-hydrogen) atoms. The van der Waals surface area contributed by atoms with E-state index in [1.807, 2.05) is 18.2 Å². The Kier molecular flexibility index (Phi) is 6.44. The van der Waals surface area contributed by atoms with E-state index in [9.17, 15) is 9.18 Å². The van der Waals surface area contributed by atoms with E-state index in [1.165, 1.54) is 6.21 Å². The lowest BCUT2D eigenvalue weighted by molar-refractivity contribution is -0.120. The summed E-state index contributed by atoms with van der Waals surface area (Å²) in [5.41, 5.74) is 5.75. The smallest absolute Gasteiger partial charge is 0.244 e. The first-order valence-corrected chi connectivity index (χ1v) is 10.3. The summed E-state index contributed by atoms with van der Waals surface area (Å²) < 4.78 is 19.9. The molecule has 2 aromatic carbocycles. The average molecular weight is 412 g/mol. The SMILES string of the molecule is CCN1c2cc(F)c(/C=N/NC(=O)Cc3ccc(OC)cc3)cc2C(C)CC1(C)C. The van der Waals surface area contributed by atoms with Crippen LogP contribution in [0.3, 0.4) is 0 Å². The summed E-state index contributed by atoms with van der Waals surface area (Å²) in [7, 11) is 1.59. The Morgan fingerprint density at radius 3 is 2.67 bits per heavy atom. The summed E-state index contributed by atoms with van der Waals surface area (Å²) in [6.45, 7) is 9.47. The summed E-state index contributed by atoms with van der Waals surface area (Å²) >= 11 is 0. The fourth-order valence-electron chi connectivity index (χ4n) is 4.36. The molecule has 1 N–H and O–H groups in total. The van der Waals surface area contributed by atoms with Gasteiger partial charge in [0.1, 0.15) is 11.6 Å². The Labute approximate surface area is 177 Å². The minimum atomic E-state index is -0.342. The Morgan fingerprint density at radius 2 is 2.03 bits per heavy atom. The number of fused-ring (bicyclic) bond motifs is 1. The van der Waals surface area contributed by atoms with Crippen molar-refractivity contribution in [1.82, 2.24) is 5.43 Å². The van der Waals surface area contributed by atoms with Crippen molar-refractivity contribution in [1.29, 1.82) is 0 Å².